The molecule has 0 heterocycles. The molecule has 0 aliphatic rings. The van der Waals surface area contributed by atoms with Crippen molar-refractivity contribution in [1.29, 1.82) is 0 Å². The summed E-state index contributed by atoms with van der Waals surface area (Å²) in [7, 11) is 0. The molecule has 0 saturated heterocycles. The van der Waals surface area contributed by atoms with Gasteiger partial charge in [0.25, 0.3) is 0 Å². The third kappa shape index (κ3) is 3.14. The summed E-state index contributed by atoms with van der Waals surface area (Å²) in [4.78, 5) is 0. The quantitative estimate of drug-likeness (QED) is 0.924. The van der Waals surface area contributed by atoms with Gasteiger partial charge in [-0.25, -0.2) is 8.78 Å². The number of ether oxygens (including phenoxy) is 1. The number of hydrogen-bond donors (Lipinski definition) is 1. The molecule has 2 nitrogen and oxygen atoms in total. The molecule has 4 heteroatoms. The summed E-state index contributed by atoms with van der Waals surface area (Å²) in [5, 5.41) is 9.88. The van der Waals surface area contributed by atoms with Gasteiger partial charge in [-0.2, -0.15) is 0 Å². The maximum atomic E-state index is 13.5. The van der Waals surface area contributed by atoms with Gasteiger partial charge in [0.15, 0.2) is 11.6 Å². The average Bonchev–Trinajstić information content (AvgIpc) is 2.43. The monoisotopic (exact) mass is 278 g/mol. The van der Waals surface area contributed by atoms with E-state index in [1.807, 2.05) is 26.0 Å². The van der Waals surface area contributed by atoms with Crippen LogP contribution in [0.1, 0.15) is 22.8 Å². The molecule has 0 saturated carbocycles. The van der Waals surface area contributed by atoms with E-state index < -0.39 is 17.7 Å². The third-order valence-corrected chi connectivity index (χ3v) is 3.23. The largest absolute Gasteiger partial charge is 0.491 e. The Morgan fingerprint density at radius 1 is 1.10 bits per heavy atom. The van der Waals surface area contributed by atoms with E-state index in [0.29, 0.717) is 5.75 Å². The zero-order chi connectivity index (χ0) is 14.7. The molecule has 0 spiro atoms. The van der Waals surface area contributed by atoms with Crippen LogP contribution in [-0.2, 0) is 0 Å². The highest BCUT2D eigenvalue weighted by Gasteiger charge is 2.16. The SMILES string of the molecule is Cc1ccc(OCC(O)c2cccc(F)c2F)cc1C. The van der Waals surface area contributed by atoms with Crippen molar-refractivity contribution in [3.8, 4) is 5.75 Å². The topological polar surface area (TPSA) is 29.5 Å². The fourth-order valence-corrected chi connectivity index (χ4v) is 1.85. The summed E-state index contributed by atoms with van der Waals surface area (Å²) in [6, 6.07) is 9.22. The van der Waals surface area contributed by atoms with Crippen molar-refractivity contribution in [1.82, 2.24) is 0 Å². The zero-order valence-corrected chi connectivity index (χ0v) is 11.4. The Hall–Kier alpha value is -1.94. The lowest BCUT2D eigenvalue weighted by atomic mass is 10.1. The van der Waals surface area contributed by atoms with Crippen LogP contribution in [0.25, 0.3) is 0 Å². The van der Waals surface area contributed by atoms with Crippen molar-refractivity contribution in [2.24, 2.45) is 0 Å². The number of aliphatic hydroxyl groups is 1. The van der Waals surface area contributed by atoms with Crippen molar-refractivity contribution in [2.75, 3.05) is 6.61 Å². The lowest BCUT2D eigenvalue weighted by molar-refractivity contribution is 0.104. The van der Waals surface area contributed by atoms with Crippen LogP contribution in [0.15, 0.2) is 36.4 Å². The minimum atomic E-state index is -1.22. The lowest BCUT2D eigenvalue weighted by Gasteiger charge is -2.14. The number of benzene rings is 2. The molecule has 0 aromatic heterocycles. The van der Waals surface area contributed by atoms with Crippen molar-refractivity contribution >= 4 is 0 Å². The summed E-state index contributed by atoms with van der Waals surface area (Å²) < 4.78 is 32.0. The molecule has 0 aliphatic heterocycles. The van der Waals surface area contributed by atoms with E-state index in [9.17, 15) is 13.9 Å². The van der Waals surface area contributed by atoms with Crippen molar-refractivity contribution in [3.05, 3.63) is 64.7 Å². The Labute approximate surface area is 116 Å². The van der Waals surface area contributed by atoms with Crippen molar-refractivity contribution < 1.29 is 18.6 Å². The van der Waals surface area contributed by atoms with E-state index in [2.05, 4.69) is 0 Å². The molecule has 1 atom stereocenters. The molecule has 0 radical (unpaired) electrons. The minimum absolute atomic E-state index is 0.103. The summed E-state index contributed by atoms with van der Waals surface area (Å²) in [5.41, 5.74) is 2.09. The molecule has 0 amide bonds. The normalized spacial score (nSPS) is 12.2. The van der Waals surface area contributed by atoms with E-state index >= 15 is 0 Å². The number of halogens is 2. The van der Waals surface area contributed by atoms with Crippen LogP contribution < -0.4 is 4.74 Å². The first-order chi connectivity index (χ1) is 9.49. The Bertz CT molecular complexity index is 611. The molecule has 1 N–H and O–H groups in total. The van der Waals surface area contributed by atoms with Crippen LogP contribution in [0.4, 0.5) is 8.78 Å². The second-order valence-corrected chi connectivity index (χ2v) is 4.72. The average molecular weight is 278 g/mol. The molecule has 0 aliphatic carbocycles. The van der Waals surface area contributed by atoms with Gasteiger partial charge >= 0.3 is 0 Å². The van der Waals surface area contributed by atoms with E-state index in [1.54, 1.807) is 6.07 Å². The Kier molecular flexibility index (Phi) is 4.35. The highest BCUT2D eigenvalue weighted by Crippen LogP contribution is 2.22. The number of hydrogen-bond acceptors (Lipinski definition) is 2. The van der Waals surface area contributed by atoms with Crippen LogP contribution in [0.3, 0.4) is 0 Å². The summed E-state index contributed by atoms with van der Waals surface area (Å²) >= 11 is 0. The lowest BCUT2D eigenvalue weighted by Crippen LogP contribution is -2.12. The van der Waals surface area contributed by atoms with E-state index in [1.165, 1.54) is 12.1 Å². The minimum Gasteiger partial charge on any atom is -0.491 e. The first-order valence-electron chi connectivity index (χ1n) is 6.31. The van der Waals surface area contributed by atoms with Gasteiger partial charge in [0.2, 0.25) is 0 Å². The molecule has 0 bridgehead atoms. The van der Waals surface area contributed by atoms with Gasteiger partial charge in [-0.15, -0.1) is 0 Å². The van der Waals surface area contributed by atoms with Crippen LogP contribution in [0.2, 0.25) is 0 Å². The summed E-state index contributed by atoms with van der Waals surface area (Å²) in [5.74, 6) is -1.43. The maximum absolute atomic E-state index is 13.5. The van der Waals surface area contributed by atoms with Gasteiger partial charge in [0.1, 0.15) is 18.5 Å². The fourth-order valence-electron chi connectivity index (χ4n) is 1.85. The van der Waals surface area contributed by atoms with Gasteiger partial charge < -0.3 is 9.84 Å². The Morgan fingerprint density at radius 3 is 2.55 bits per heavy atom. The number of aryl methyl sites for hydroxylation is 2. The molecule has 2 aromatic carbocycles. The molecular formula is C16H16F2O2. The third-order valence-electron chi connectivity index (χ3n) is 3.23. The molecule has 20 heavy (non-hydrogen) atoms. The standard InChI is InChI=1S/C16H16F2O2/c1-10-6-7-12(8-11(10)2)20-9-15(19)13-4-3-5-14(17)16(13)18/h3-8,15,19H,9H2,1-2H3. The van der Waals surface area contributed by atoms with Gasteiger partial charge in [-0.05, 0) is 43.2 Å². The smallest absolute Gasteiger partial charge is 0.164 e. The van der Waals surface area contributed by atoms with Crippen molar-refractivity contribution in [2.45, 2.75) is 20.0 Å². The zero-order valence-electron chi connectivity index (χ0n) is 11.4. The van der Waals surface area contributed by atoms with Crippen molar-refractivity contribution in [3.63, 3.8) is 0 Å². The van der Waals surface area contributed by atoms with E-state index in [-0.39, 0.29) is 12.2 Å². The predicted octanol–water partition coefficient (Wildman–Crippen LogP) is 3.69. The van der Waals surface area contributed by atoms with Crippen LogP contribution in [0.5, 0.6) is 5.75 Å². The molecule has 2 aromatic rings. The molecule has 106 valence electrons. The molecule has 1 unspecified atom stereocenters. The predicted molar refractivity (Wildman–Crippen MR) is 72.7 cm³/mol. The number of aliphatic hydroxyl groups excluding tert-OH is 1. The maximum Gasteiger partial charge on any atom is 0.164 e. The molecule has 2 rings (SSSR count). The van der Waals surface area contributed by atoms with Gasteiger partial charge in [0.05, 0.1) is 0 Å². The van der Waals surface area contributed by atoms with Crippen LogP contribution in [0, 0.1) is 25.5 Å². The second-order valence-electron chi connectivity index (χ2n) is 4.72. The summed E-state index contributed by atoms with van der Waals surface area (Å²) in [6.45, 7) is 3.80. The van der Waals surface area contributed by atoms with E-state index in [0.717, 1.165) is 17.2 Å². The Balaban J connectivity index is 2.06. The molecular weight excluding hydrogens is 262 g/mol. The Morgan fingerprint density at radius 2 is 1.85 bits per heavy atom. The van der Waals surface area contributed by atoms with E-state index in [4.69, 9.17) is 4.74 Å². The van der Waals surface area contributed by atoms with Gasteiger partial charge in [-0.1, -0.05) is 18.2 Å². The highest BCUT2D eigenvalue weighted by molar-refractivity contribution is 5.34. The number of rotatable bonds is 4. The fraction of sp³-hybridized carbons (Fsp3) is 0.250. The van der Waals surface area contributed by atoms with Crippen LogP contribution >= 0.6 is 0 Å². The van der Waals surface area contributed by atoms with Crippen LogP contribution in [-0.4, -0.2) is 11.7 Å². The highest BCUT2D eigenvalue weighted by atomic mass is 19.2. The summed E-state index contributed by atoms with van der Waals surface area (Å²) in [6.07, 6.45) is -1.22. The first kappa shape index (κ1) is 14.5. The molecule has 0 fully saturated rings. The van der Waals surface area contributed by atoms with Gasteiger partial charge in [-0.3, -0.25) is 0 Å². The van der Waals surface area contributed by atoms with Gasteiger partial charge in [0, 0.05) is 5.56 Å². The second kappa shape index (κ2) is 6.01. The first-order valence-corrected chi connectivity index (χ1v) is 6.31.